The summed E-state index contributed by atoms with van der Waals surface area (Å²) >= 11 is 0. The summed E-state index contributed by atoms with van der Waals surface area (Å²) in [4.78, 5) is 4.16. The first-order valence-corrected chi connectivity index (χ1v) is 4.75. The number of nitrogens with zero attached hydrogens (tertiary/aromatic N) is 3. The van der Waals surface area contributed by atoms with E-state index in [9.17, 15) is 4.39 Å². The fraction of sp³-hybridized carbons (Fsp3) is 0.333. The number of nitrogens with one attached hydrogen (secondary N) is 1. The van der Waals surface area contributed by atoms with E-state index in [1.54, 1.807) is 6.07 Å². The Labute approximate surface area is 86.1 Å². The van der Waals surface area contributed by atoms with Crippen molar-refractivity contribution in [3.63, 3.8) is 0 Å². The molecular weight excluding hydrogens is 197 g/mol. The summed E-state index contributed by atoms with van der Waals surface area (Å²) in [6, 6.07) is 2.93. The zero-order valence-electron chi connectivity index (χ0n) is 8.15. The molecule has 0 aromatic carbocycles. The smallest absolute Gasteiger partial charge is 0.243 e. The van der Waals surface area contributed by atoms with E-state index in [1.165, 1.54) is 16.8 Å². The second kappa shape index (κ2) is 4.22. The van der Waals surface area contributed by atoms with Gasteiger partial charge in [0.25, 0.3) is 0 Å². The van der Waals surface area contributed by atoms with E-state index in [4.69, 9.17) is 5.73 Å². The molecule has 5 nitrogen and oxygen atoms in total. The van der Waals surface area contributed by atoms with Crippen molar-refractivity contribution in [2.75, 3.05) is 18.4 Å². The number of fused-ring (bicyclic) bond motifs is 1. The summed E-state index contributed by atoms with van der Waals surface area (Å²) in [5, 5.41) is 7.07. The highest BCUT2D eigenvalue weighted by Gasteiger charge is 2.02. The second-order valence-corrected chi connectivity index (χ2v) is 3.15. The van der Waals surface area contributed by atoms with Gasteiger partial charge in [-0.2, -0.15) is 4.98 Å². The predicted molar refractivity (Wildman–Crippen MR) is 55.1 cm³/mol. The molecule has 0 unspecified atom stereocenters. The number of aromatic nitrogens is 3. The standard InChI is InChI=1S/C9H12FN5/c10-7-2-3-8-13-9(12-5-1-4-11)14-15(8)6-7/h2-3,6H,1,4-5,11H2,(H,12,14). The van der Waals surface area contributed by atoms with Crippen LogP contribution >= 0.6 is 0 Å². The summed E-state index contributed by atoms with van der Waals surface area (Å²) < 4.78 is 14.2. The van der Waals surface area contributed by atoms with Gasteiger partial charge in [0.15, 0.2) is 5.65 Å². The van der Waals surface area contributed by atoms with E-state index in [0.29, 0.717) is 18.1 Å². The number of rotatable bonds is 4. The van der Waals surface area contributed by atoms with Crippen LogP contribution in [0.3, 0.4) is 0 Å². The van der Waals surface area contributed by atoms with E-state index in [2.05, 4.69) is 15.4 Å². The predicted octanol–water partition coefficient (Wildman–Crippen LogP) is 0.629. The van der Waals surface area contributed by atoms with Crippen LogP contribution in [0.1, 0.15) is 6.42 Å². The van der Waals surface area contributed by atoms with Gasteiger partial charge in [-0.15, -0.1) is 5.10 Å². The van der Waals surface area contributed by atoms with Crippen molar-refractivity contribution in [3.8, 4) is 0 Å². The molecule has 0 spiro atoms. The summed E-state index contributed by atoms with van der Waals surface area (Å²) in [6.07, 6.45) is 2.14. The number of hydrogen-bond donors (Lipinski definition) is 2. The highest BCUT2D eigenvalue weighted by Crippen LogP contribution is 2.06. The normalized spacial score (nSPS) is 10.8. The molecule has 2 rings (SSSR count). The Morgan fingerprint density at radius 2 is 2.33 bits per heavy atom. The van der Waals surface area contributed by atoms with Gasteiger partial charge in [0.05, 0.1) is 6.20 Å². The Hall–Kier alpha value is -1.69. The van der Waals surface area contributed by atoms with Gasteiger partial charge >= 0.3 is 0 Å². The topological polar surface area (TPSA) is 68.2 Å². The van der Waals surface area contributed by atoms with Crippen LogP contribution in [0.5, 0.6) is 0 Å². The Morgan fingerprint density at radius 3 is 3.13 bits per heavy atom. The lowest BCUT2D eigenvalue weighted by Crippen LogP contribution is -2.09. The van der Waals surface area contributed by atoms with Crippen molar-refractivity contribution in [2.24, 2.45) is 5.73 Å². The molecule has 15 heavy (non-hydrogen) atoms. The highest BCUT2D eigenvalue weighted by molar-refractivity contribution is 5.42. The molecule has 2 aromatic heterocycles. The van der Waals surface area contributed by atoms with Gasteiger partial charge in [-0.25, -0.2) is 8.91 Å². The van der Waals surface area contributed by atoms with Gasteiger partial charge in [0.2, 0.25) is 5.95 Å². The molecule has 6 heteroatoms. The minimum absolute atomic E-state index is 0.332. The summed E-state index contributed by atoms with van der Waals surface area (Å²) in [7, 11) is 0. The molecular formula is C9H12FN5. The third kappa shape index (κ3) is 2.21. The first kappa shape index (κ1) is 9.85. The zero-order chi connectivity index (χ0) is 10.7. The number of pyridine rings is 1. The molecule has 0 bridgehead atoms. The molecule has 0 amide bonds. The van der Waals surface area contributed by atoms with E-state index >= 15 is 0 Å². The van der Waals surface area contributed by atoms with Crippen LogP contribution in [0.4, 0.5) is 10.3 Å². The minimum Gasteiger partial charge on any atom is -0.353 e. The molecule has 2 aromatic rings. The van der Waals surface area contributed by atoms with Crippen LogP contribution in [0.15, 0.2) is 18.3 Å². The third-order valence-electron chi connectivity index (χ3n) is 1.96. The molecule has 2 heterocycles. The van der Waals surface area contributed by atoms with Crippen molar-refractivity contribution in [1.82, 2.24) is 14.6 Å². The van der Waals surface area contributed by atoms with Crippen molar-refractivity contribution in [1.29, 1.82) is 0 Å². The van der Waals surface area contributed by atoms with Crippen LogP contribution in [0.2, 0.25) is 0 Å². The molecule has 0 atom stereocenters. The fourth-order valence-electron chi connectivity index (χ4n) is 1.24. The van der Waals surface area contributed by atoms with Crippen molar-refractivity contribution in [3.05, 3.63) is 24.1 Å². The number of halogens is 1. The molecule has 0 aliphatic carbocycles. The lowest BCUT2D eigenvalue weighted by Gasteiger charge is -1.97. The molecule has 0 saturated heterocycles. The average Bonchev–Trinajstić information content (AvgIpc) is 2.60. The van der Waals surface area contributed by atoms with Crippen molar-refractivity contribution < 1.29 is 4.39 Å². The first-order chi connectivity index (χ1) is 7.29. The van der Waals surface area contributed by atoms with E-state index in [0.717, 1.165) is 13.0 Å². The van der Waals surface area contributed by atoms with E-state index in [1.807, 2.05) is 0 Å². The lowest BCUT2D eigenvalue weighted by atomic mass is 10.4. The summed E-state index contributed by atoms with van der Waals surface area (Å²) in [5.41, 5.74) is 5.97. The van der Waals surface area contributed by atoms with Crippen molar-refractivity contribution in [2.45, 2.75) is 6.42 Å². The van der Waals surface area contributed by atoms with Crippen LogP contribution in [-0.2, 0) is 0 Å². The number of anilines is 1. The zero-order valence-corrected chi connectivity index (χ0v) is 8.15. The van der Waals surface area contributed by atoms with E-state index < -0.39 is 0 Å². The molecule has 0 saturated carbocycles. The summed E-state index contributed by atoms with van der Waals surface area (Å²) in [5.74, 6) is 0.162. The quantitative estimate of drug-likeness (QED) is 0.725. The molecule has 0 aliphatic rings. The van der Waals surface area contributed by atoms with Gasteiger partial charge in [-0.1, -0.05) is 0 Å². The molecule has 0 aliphatic heterocycles. The Bertz CT molecular complexity index is 453. The van der Waals surface area contributed by atoms with Gasteiger partial charge in [0.1, 0.15) is 5.82 Å². The highest BCUT2D eigenvalue weighted by atomic mass is 19.1. The summed E-state index contributed by atoms with van der Waals surface area (Å²) in [6.45, 7) is 1.34. The average molecular weight is 209 g/mol. The fourth-order valence-corrected chi connectivity index (χ4v) is 1.24. The van der Waals surface area contributed by atoms with Crippen LogP contribution < -0.4 is 11.1 Å². The Kier molecular flexibility index (Phi) is 2.77. The van der Waals surface area contributed by atoms with Gasteiger partial charge in [-0.05, 0) is 25.1 Å². The maximum Gasteiger partial charge on any atom is 0.243 e. The SMILES string of the molecule is NCCCNc1nc2ccc(F)cn2n1. The minimum atomic E-state index is -0.332. The maximum atomic E-state index is 12.8. The number of hydrogen-bond acceptors (Lipinski definition) is 4. The van der Waals surface area contributed by atoms with Gasteiger partial charge < -0.3 is 11.1 Å². The monoisotopic (exact) mass is 209 g/mol. The Balaban J connectivity index is 2.16. The largest absolute Gasteiger partial charge is 0.353 e. The maximum absolute atomic E-state index is 12.8. The molecule has 80 valence electrons. The molecule has 0 fully saturated rings. The second-order valence-electron chi connectivity index (χ2n) is 3.15. The first-order valence-electron chi connectivity index (χ1n) is 4.75. The van der Waals surface area contributed by atoms with Crippen LogP contribution in [0.25, 0.3) is 5.65 Å². The van der Waals surface area contributed by atoms with Gasteiger partial charge in [0, 0.05) is 6.54 Å². The van der Waals surface area contributed by atoms with Crippen molar-refractivity contribution >= 4 is 11.6 Å². The molecule has 3 N–H and O–H groups in total. The van der Waals surface area contributed by atoms with Crippen LogP contribution in [-0.4, -0.2) is 27.7 Å². The number of nitrogens with two attached hydrogens (primary N) is 1. The van der Waals surface area contributed by atoms with Crippen LogP contribution in [0, 0.1) is 5.82 Å². The third-order valence-corrected chi connectivity index (χ3v) is 1.96. The Morgan fingerprint density at radius 1 is 1.47 bits per heavy atom. The van der Waals surface area contributed by atoms with E-state index in [-0.39, 0.29) is 5.82 Å². The van der Waals surface area contributed by atoms with Gasteiger partial charge in [-0.3, -0.25) is 0 Å². The molecule has 0 radical (unpaired) electrons. The lowest BCUT2D eigenvalue weighted by molar-refractivity contribution is 0.615.